The van der Waals surface area contributed by atoms with Crippen LogP contribution in [0, 0.1) is 5.41 Å². The molecule has 1 fully saturated rings. The monoisotopic (exact) mass is 270 g/mol. The first-order chi connectivity index (χ1) is 8.70. The van der Waals surface area contributed by atoms with Crippen molar-refractivity contribution < 1.29 is 9.90 Å². The molecule has 1 aliphatic heterocycles. The number of piperidine rings is 1. The van der Waals surface area contributed by atoms with Crippen LogP contribution in [0.25, 0.3) is 0 Å². The van der Waals surface area contributed by atoms with Crippen molar-refractivity contribution in [1.82, 2.24) is 10.2 Å². The molecule has 4 heteroatoms. The number of rotatable bonds is 6. The standard InChI is InChI=1S/C15H30N2O2/c1-6-16-15(5,13(18)19)10-12(2)17-9-7-8-14(3,4)11-17/h12,16H,6-11H2,1-5H3,(H,18,19). The lowest BCUT2D eigenvalue weighted by Crippen LogP contribution is -2.55. The largest absolute Gasteiger partial charge is 0.480 e. The summed E-state index contributed by atoms with van der Waals surface area (Å²) in [6, 6.07) is 0.291. The van der Waals surface area contributed by atoms with E-state index in [0.717, 1.165) is 13.1 Å². The molecule has 0 spiro atoms. The van der Waals surface area contributed by atoms with Gasteiger partial charge in [-0.1, -0.05) is 20.8 Å². The van der Waals surface area contributed by atoms with Crippen molar-refractivity contribution in [3.8, 4) is 0 Å². The number of carboxylic acid groups (broad SMARTS) is 1. The van der Waals surface area contributed by atoms with Gasteiger partial charge in [0.25, 0.3) is 0 Å². The number of likely N-dealkylation sites (N-methyl/N-ethyl adjacent to an activating group) is 1. The fourth-order valence-corrected chi connectivity index (χ4v) is 3.19. The van der Waals surface area contributed by atoms with Crippen molar-refractivity contribution in [2.45, 2.75) is 65.5 Å². The molecule has 0 aromatic heterocycles. The number of nitrogens with zero attached hydrogens (tertiary/aromatic N) is 1. The van der Waals surface area contributed by atoms with Crippen LogP contribution >= 0.6 is 0 Å². The number of carboxylic acids is 1. The third kappa shape index (κ3) is 4.46. The van der Waals surface area contributed by atoms with E-state index < -0.39 is 11.5 Å². The van der Waals surface area contributed by atoms with Crippen LogP contribution in [0.1, 0.15) is 53.9 Å². The Morgan fingerprint density at radius 3 is 2.63 bits per heavy atom. The molecule has 2 atom stereocenters. The van der Waals surface area contributed by atoms with Crippen LogP contribution in [-0.4, -0.2) is 47.2 Å². The zero-order chi connectivity index (χ0) is 14.7. The molecular formula is C15H30N2O2. The maximum Gasteiger partial charge on any atom is 0.323 e. The molecule has 2 N–H and O–H groups in total. The molecule has 0 aromatic carbocycles. The Hall–Kier alpha value is -0.610. The Labute approximate surface area is 117 Å². The summed E-state index contributed by atoms with van der Waals surface area (Å²) in [6.45, 7) is 13.3. The van der Waals surface area contributed by atoms with E-state index in [9.17, 15) is 9.90 Å². The minimum absolute atomic E-state index is 0.291. The van der Waals surface area contributed by atoms with Gasteiger partial charge in [-0.05, 0) is 51.6 Å². The summed E-state index contributed by atoms with van der Waals surface area (Å²) in [5.41, 5.74) is -0.472. The molecule has 0 aromatic rings. The van der Waals surface area contributed by atoms with Crippen LogP contribution in [-0.2, 0) is 4.79 Å². The molecule has 2 unspecified atom stereocenters. The van der Waals surface area contributed by atoms with E-state index in [4.69, 9.17) is 0 Å². The molecule has 1 rings (SSSR count). The molecule has 1 aliphatic rings. The van der Waals surface area contributed by atoms with E-state index in [1.165, 1.54) is 12.8 Å². The number of nitrogens with one attached hydrogen (secondary N) is 1. The van der Waals surface area contributed by atoms with Crippen molar-refractivity contribution in [2.24, 2.45) is 5.41 Å². The number of likely N-dealkylation sites (tertiary alicyclic amines) is 1. The van der Waals surface area contributed by atoms with Gasteiger partial charge < -0.3 is 15.3 Å². The number of hydrogen-bond acceptors (Lipinski definition) is 3. The van der Waals surface area contributed by atoms with E-state index in [0.29, 0.717) is 24.4 Å². The second kappa shape index (κ2) is 6.23. The molecular weight excluding hydrogens is 240 g/mol. The lowest BCUT2D eigenvalue weighted by Gasteiger charge is -2.43. The van der Waals surface area contributed by atoms with Crippen LogP contribution in [0.2, 0.25) is 0 Å². The lowest BCUT2D eigenvalue weighted by molar-refractivity contribution is -0.145. The molecule has 112 valence electrons. The molecule has 0 amide bonds. The quantitative estimate of drug-likeness (QED) is 0.778. The Kier molecular flexibility index (Phi) is 5.39. The predicted molar refractivity (Wildman–Crippen MR) is 78.4 cm³/mol. The molecule has 1 heterocycles. The SMILES string of the molecule is CCNC(C)(CC(C)N1CCCC(C)(C)C1)C(=O)O. The van der Waals surface area contributed by atoms with Crippen LogP contribution in [0.5, 0.6) is 0 Å². The number of carbonyl (C=O) groups is 1. The van der Waals surface area contributed by atoms with Gasteiger partial charge >= 0.3 is 5.97 Å². The molecule has 0 radical (unpaired) electrons. The van der Waals surface area contributed by atoms with Gasteiger partial charge in [0.15, 0.2) is 0 Å². The molecule has 1 saturated heterocycles. The van der Waals surface area contributed by atoms with Crippen LogP contribution < -0.4 is 5.32 Å². The third-order valence-electron chi connectivity index (χ3n) is 4.30. The predicted octanol–water partition coefficient (Wildman–Crippen LogP) is 2.34. The highest BCUT2D eigenvalue weighted by Crippen LogP contribution is 2.31. The van der Waals surface area contributed by atoms with Crippen molar-refractivity contribution in [2.75, 3.05) is 19.6 Å². The van der Waals surface area contributed by atoms with Crippen LogP contribution in [0.3, 0.4) is 0 Å². The lowest BCUT2D eigenvalue weighted by atomic mass is 9.82. The minimum atomic E-state index is -0.824. The molecule has 0 aliphatic carbocycles. The summed E-state index contributed by atoms with van der Waals surface area (Å²) < 4.78 is 0. The smallest absolute Gasteiger partial charge is 0.323 e. The second-order valence-corrected chi connectivity index (χ2v) is 6.96. The summed E-state index contributed by atoms with van der Waals surface area (Å²) >= 11 is 0. The summed E-state index contributed by atoms with van der Waals surface area (Å²) in [7, 11) is 0. The van der Waals surface area contributed by atoms with Crippen molar-refractivity contribution in [1.29, 1.82) is 0 Å². The number of hydrogen-bond donors (Lipinski definition) is 2. The third-order valence-corrected chi connectivity index (χ3v) is 4.30. The molecule has 19 heavy (non-hydrogen) atoms. The molecule has 4 nitrogen and oxygen atoms in total. The summed E-state index contributed by atoms with van der Waals surface area (Å²) in [6.07, 6.45) is 3.12. The van der Waals surface area contributed by atoms with Crippen molar-refractivity contribution in [3.05, 3.63) is 0 Å². The molecule has 0 bridgehead atoms. The maximum atomic E-state index is 11.5. The normalized spacial score (nSPS) is 24.7. The van der Waals surface area contributed by atoms with Gasteiger partial charge in [-0.3, -0.25) is 4.79 Å². The average molecular weight is 270 g/mol. The van der Waals surface area contributed by atoms with E-state index in [-0.39, 0.29) is 0 Å². The first-order valence-corrected chi connectivity index (χ1v) is 7.43. The minimum Gasteiger partial charge on any atom is -0.480 e. The topological polar surface area (TPSA) is 52.6 Å². The summed E-state index contributed by atoms with van der Waals surface area (Å²) in [5, 5.41) is 12.6. The van der Waals surface area contributed by atoms with Gasteiger partial charge in [-0.15, -0.1) is 0 Å². The average Bonchev–Trinajstić information content (AvgIpc) is 2.27. The van der Waals surface area contributed by atoms with Gasteiger partial charge in [0, 0.05) is 12.6 Å². The first-order valence-electron chi connectivity index (χ1n) is 7.43. The van der Waals surface area contributed by atoms with E-state index in [2.05, 4.69) is 31.0 Å². The highest BCUT2D eigenvalue weighted by molar-refractivity contribution is 5.78. The second-order valence-electron chi connectivity index (χ2n) is 6.96. The maximum absolute atomic E-state index is 11.5. The Balaban J connectivity index is 2.66. The van der Waals surface area contributed by atoms with Crippen molar-refractivity contribution >= 4 is 5.97 Å². The number of aliphatic carboxylic acids is 1. The van der Waals surface area contributed by atoms with Crippen LogP contribution in [0.4, 0.5) is 0 Å². The highest BCUT2D eigenvalue weighted by atomic mass is 16.4. The highest BCUT2D eigenvalue weighted by Gasteiger charge is 2.37. The fraction of sp³-hybridized carbons (Fsp3) is 0.933. The van der Waals surface area contributed by atoms with E-state index >= 15 is 0 Å². The Bertz CT molecular complexity index is 317. The van der Waals surface area contributed by atoms with Gasteiger partial charge in [-0.25, -0.2) is 0 Å². The van der Waals surface area contributed by atoms with Gasteiger partial charge in [0.2, 0.25) is 0 Å². The summed E-state index contributed by atoms with van der Waals surface area (Å²) in [5.74, 6) is -0.752. The zero-order valence-corrected chi connectivity index (χ0v) is 13.1. The van der Waals surface area contributed by atoms with Gasteiger partial charge in [-0.2, -0.15) is 0 Å². The van der Waals surface area contributed by atoms with Crippen LogP contribution in [0.15, 0.2) is 0 Å². The van der Waals surface area contributed by atoms with E-state index in [1.807, 2.05) is 6.92 Å². The van der Waals surface area contributed by atoms with Crippen molar-refractivity contribution in [3.63, 3.8) is 0 Å². The fourth-order valence-electron chi connectivity index (χ4n) is 3.19. The summed E-state index contributed by atoms with van der Waals surface area (Å²) in [4.78, 5) is 13.9. The van der Waals surface area contributed by atoms with Gasteiger partial charge in [0.1, 0.15) is 5.54 Å². The Morgan fingerprint density at radius 1 is 1.53 bits per heavy atom. The van der Waals surface area contributed by atoms with E-state index in [1.54, 1.807) is 6.92 Å². The zero-order valence-electron chi connectivity index (χ0n) is 13.1. The molecule has 0 saturated carbocycles. The Morgan fingerprint density at radius 2 is 2.16 bits per heavy atom. The first kappa shape index (κ1) is 16.4. The van der Waals surface area contributed by atoms with Gasteiger partial charge in [0.05, 0.1) is 0 Å².